The number of carbonyl (C=O) groups excluding carboxylic acids is 3. The Labute approximate surface area is 225 Å². The van der Waals surface area contributed by atoms with Gasteiger partial charge in [0.15, 0.2) is 11.2 Å². The molecule has 5 aliphatic rings. The molecule has 10 heteroatoms. The van der Waals surface area contributed by atoms with Crippen molar-refractivity contribution in [3.05, 3.63) is 47.0 Å². The van der Waals surface area contributed by atoms with Crippen LogP contribution in [-0.2, 0) is 28.5 Å². The van der Waals surface area contributed by atoms with Gasteiger partial charge in [0.1, 0.15) is 17.8 Å². The summed E-state index contributed by atoms with van der Waals surface area (Å²) in [6.07, 6.45) is -4.44. The molecule has 2 saturated carbocycles. The third-order valence-corrected chi connectivity index (χ3v) is 10.4. The first-order valence-corrected chi connectivity index (χ1v) is 13.3. The van der Waals surface area contributed by atoms with Crippen molar-refractivity contribution in [1.29, 1.82) is 0 Å². The number of aliphatic hydroxyl groups is 3. The van der Waals surface area contributed by atoms with Gasteiger partial charge in [-0.2, -0.15) is 0 Å². The predicted molar refractivity (Wildman–Crippen MR) is 133 cm³/mol. The van der Waals surface area contributed by atoms with Gasteiger partial charge in [0.2, 0.25) is 0 Å². The highest BCUT2D eigenvalue weighted by atomic mass is 16.6. The molecule has 10 nitrogen and oxygen atoms in total. The summed E-state index contributed by atoms with van der Waals surface area (Å²) < 4.78 is 24.1. The van der Waals surface area contributed by atoms with E-state index in [-0.39, 0.29) is 30.6 Å². The molecule has 2 aliphatic heterocycles. The number of rotatable bonds is 3. The summed E-state index contributed by atoms with van der Waals surface area (Å²) >= 11 is 0. The van der Waals surface area contributed by atoms with E-state index in [0.717, 1.165) is 0 Å². The molecule has 1 unspecified atom stereocenters. The Hall–Kier alpha value is -2.79. The monoisotopic (exact) mass is 542 g/mol. The Balaban J connectivity index is 1.67. The Bertz CT molecular complexity index is 1300. The summed E-state index contributed by atoms with van der Waals surface area (Å²) in [6, 6.07) is 8.35. The summed E-state index contributed by atoms with van der Waals surface area (Å²) in [6.45, 7) is 7.67. The fourth-order valence-corrected chi connectivity index (χ4v) is 8.58. The van der Waals surface area contributed by atoms with Gasteiger partial charge in [0.05, 0.1) is 35.7 Å². The molecule has 3 aliphatic carbocycles. The summed E-state index contributed by atoms with van der Waals surface area (Å²) in [4.78, 5) is 40.1. The number of benzene rings is 1. The second-order valence-corrected chi connectivity index (χ2v) is 12.4. The van der Waals surface area contributed by atoms with Crippen LogP contribution in [0, 0.1) is 16.7 Å². The van der Waals surface area contributed by atoms with Gasteiger partial charge >= 0.3 is 17.9 Å². The fraction of sp³-hybridized carbons (Fsp3) is 0.621. The molecule has 39 heavy (non-hydrogen) atoms. The predicted octanol–water partition coefficient (Wildman–Crippen LogP) is 1.45. The lowest BCUT2D eigenvalue weighted by atomic mass is 9.37. The summed E-state index contributed by atoms with van der Waals surface area (Å²) in [7, 11) is 0. The molecule has 3 N–H and O–H groups in total. The molecule has 2 saturated heterocycles. The maximum Gasteiger partial charge on any atom is 0.343 e. The maximum atomic E-state index is 13.9. The van der Waals surface area contributed by atoms with Gasteiger partial charge < -0.3 is 34.3 Å². The van der Waals surface area contributed by atoms with Gasteiger partial charge in [-0.25, -0.2) is 9.59 Å². The zero-order valence-corrected chi connectivity index (χ0v) is 22.6. The minimum Gasteiger partial charge on any atom is -0.457 e. The SMILES string of the molecule is CC(=O)O[C@@]12CO[C@@H]1C[C@H](O)[C@]1(C)[C@@H]2[C@H](OC(=O)c2ccccc2)[C@]23C[C@H](O)C(C)=C2C1(O)C(=O)OC3(C)C. The minimum absolute atomic E-state index is 0.0200. The lowest BCUT2D eigenvalue weighted by Gasteiger charge is -2.73. The molecule has 0 aromatic heterocycles. The fourth-order valence-electron chi connectivity index (χ4n) is 8.58. The molecule has 2 heterocycles. The number of esters is 3. The van der Waals surface area contributed by atoms with E-state index < -0.39 is 75.9 Å². The van der Waals surface area contributed by atoms with Crippen LogP contribution in [0.5, 0.6) is 0 Å². The van der Waals surface area contributed by atoms with E-state index >= 15 is 0 Å². The normalized spacial score (nSPS) is 45.2. The van der Waals surface area contributed by atoms with Crippen molar-refractivity contribution in [3.8, 4) is 0 Å². The average Bonchev–Trinajstić information content (AvgIpc) is 3.15. The molecule has 4 fully saturated rings. The molecule has 1 aromatic rings. The Kier molecular flexibility index (Phi) is 5.36. The molecular weight excluding hydrogens is 508 g/mol. The highest BCUT2D eigenvalue weighted by molar-refractivity contribution is 5.91. The molecule has 1 aromatic carbocycles. The second-order valence-electron chi connectivity index (χ2n) is 12.4. The number of hydrogen-bond acceptors (Lipinski definition) is 10. The first-order chi connectivity index (χ1) is 18.2. The van der Waals surface area contributed by atoms with E-state index in [2.05, 4.69) is 0 Å². The molecule has 0 radical (unpaired) electrons. The Morgan fingerprint density at radius 2 is 1.77 bits per heavy atom. The van der Waals surface area contributed by atoms with Crippen LogP contribution in [0.25, 0.3) is 0 Å². The molecule has 0 spiro atoms. The van der Waals surface area contributed by atoms with Crippen molar-refractivity contribution in [2.75, 3.05) is 6.61 Å². The molecule has 2 bridgehead atoms. The van der Waals surface area contributed by atoms with Crippen molar-refractivity contribution in [2.24, 2.45) is 16.7 Å². The highest BCUT2D eigenvalue weighted by Gasteiger charge is 2.87. The lowest BCUT2D eigenvalue weighted by molar-refractivity contribution is -0.380. The number of hydrogen-bond donors (Lipinski definition) is 3. The topological polar surface area (TPSA) is 149 Å². The van der Waals surface area contributed by atoms with E-state index in [1.165, 1.54) is 6.92 Å². The Morgan fingerprint density at radius 1 is 1.10 bits per heavy atom. The molecule has 0 amide bonds. The van der Waals surface area contributed by atoms with Gasteiger partial charge in [0, 0.05) is 18.8 Å². The number of carbonyl (C=O) groups is 3. The third kappa shape index (κ3) is 2.88. The van der Waals surface area contributed by atoms with Crippen LogP contribution in [0.3, 0.4) is 0 Å². The van der Waals surface area contributed by atoms with Crippen LogP contribution in [0.15, 0.2) is 41.5 Å². The van der Waals surface area contributed by atoms with Crippen molar-refractivity contribution in [1.82, 2.24) is 0 Å². The molecule has 6 rings (SSSR count). The van der Waals surface area contributed by atoms with Gasteiger partial charge in [-0.3, -0.25) is 4.79 Å². The maximum absolute atomic E-state index is 13.9. The van der Waals surface area contributed by atoms with Crippen molar-refractivity contribution in [3.63, 3.8) is 0 Å². The minimum atomic E-state index is -2.41. The first kappa shape index (κ1) is 26.4. The number of fused-ring (bicyclic) bond motifs is 4. The van der Waals surface area contributed by atoms with Crippen molar-refractivity contribution < 1.29 is 48.7 Å². The van der Waals surface area contributed by atoms with Gasteiger partial charge in [-0.1, -0.05) is 25.1 Å². The van der Waals surface area contributed by atoms with Gasteiger partial charge in [-0.15, -0.1) is 0 Å². The van der Waals surface area contributed by atoms with E-state index in [1.54, 1.807) is 58.0 Å². The van der Waals surface area contributed by atoms with Crippen LogP contribution < -0.4 is 0 Å². The first-order valence-electron chi connectivity index (χ1n) is 13.3. The quantitative estimate of drug-likeness (QED) is 0.291. The third-order valence-electron chi connectivity index (χ3n) is 10.4. The molecular formula is C29H34O10. The summed E-state index contributed by atoms with van der Waals surface area (Å²) in [5.74, 6) is -3.36. The van der Waals surface area contributed by atoms with Gasteiger partial charge in [0.25, 0.3) is 0 Å². The highest BCUT2D eigenvalue weighted by Crippen LogP contribution is 2.75. The molecule has 210 valence electrons. The summed E-state index contributed by atoms with van der Waals surface area (Å²) in [5.41, 5.74) is -7.51. The van der Waals surface area contributed by atoms with Gasteiger partial charge in [-0.05, 0) is 50.5 Å². The van der Waals surface area contributed by atoms with E-state index in [9.17, 15) is 29.7 Å². The number of cyclic esters (lactones) is 1. The van der Waals surface area contributed by atoms with E-state index in [4.69, 9.17) is 18.9 Å². The lowest BCUT2D eigenvalue weighted by Crippen LogP contribution is -2.87. The van der Waals surface area contributed by atoms with Crippen LogP contribution in [0.2, 0.25) is 0 Å². The smallest absolute Gasteiger partial charge is 0.343 e. The van der Waals surface area contributed by atoms with Crippen LogP contribution in [0.1, 0.15) is 57.8 Å². The largest absolute Gasteiger partial charge is 0.457 e. The van der Waals surface area contributed by atoms with Crippen molar-refractivity contribution >= 4 is 17.9 Å². The average molecular weight is 543 g/mol. The number of aliphatic hydroxyl groups excluding tert-OH is 2. The zero-order valence-electron chi connectivity index (χ0n) is 22.6. The second kappa shape index (κ2) is 7.90. The van der Waals surface area contributed by atoms with E-state index in [1.807, 2.05) is 0 Å². The van der Waals surface area contributed by atoms with E-state index in [0.29, 0.717) is 5.57 Å². The summed E-state index contributed by atoms with van der Waals surface area (Å²) in [5, 5.41) is 35.5. The zero-order chi connectivity index (χ0) is 28.3. The van der Waals surface area contributed by atoms with Crippen LogP contribution in [-0.4, -0.2) is 81.1 Å². The standard InChI is InChI=1S/C29H34O10/c1-14-17(31)12-27-20(14)29(35,24(34)39-25(27,3)4)26(5)18(32)11-19-28(13-36-19,38-15(2)30)21(26)22(27)37-23(33)16-9-7-6-8-10-16/h6-10,17-19,21-22,31-32,35H,11-13H2,1-5H3/t17-,18-,19+,21-,22-,26+,27-,28-,29?/m0/s1. The Morgan fingerprint density at radius 3 is 2.36 bits per heavy atom. The van der Waals surface area contributed by atoms with Crippen LogP contribution >= 0.6 is 0 Å². The van der Waals surface area contributed by atoms with Crippen LogP contribution in [0.4, 0.5) is 0 Å². The van der Waals surface area contributed by atoms with Crippen molar-refractivity contribution in [2.45, 2.75) is 88.7 Å². The number of ether oxygens (including phenoxy) is 4. The molecule has 9 atom stereocenters.